The third kappa shape index (κ3) is 2.18. The second kappa shape index (κ2) is 4.67. The molecule has 0 N–H and O–H groups in total. The third-order valence-electron chi connectivity index (χ3n) is 4.36. The molecule has 1 saturated heterocycles. The summed E-state index contributed by atoms with van der Waals surface area (Å²) >= 11 is 0. The summed E-state index contributed by atoms with van der Waals surface area (Å²) in [6, 6.07) is 5.70. The molecular formula is C15H20FNO2. The Kier molecular flexibility index (Phi) is 3.13. The van der Waals surface area contributed by atoms with Crippen LogP contribution >= 0.6 is 0 Å². The second-order valence-electron chi connectivity index (χ2n) is 5.60. The highest BCUT2D eigenvalue weighted by Gasteiger charge is 2.44. The molecule has 3 nitrogen and oxygen atoms in total. The zero-order valence-corrected chi connectivity index (χ0v) is 11.5. The van der Waals surface area contributed by atoms with Crippen LogP contribution in [0.5, 0.6) is 11.5 Å². The van der Waals surface area contributed by atoms with Gasteiger partial charge >= 0.3 is 0 Å². The predicted octanol–water partition coefficient (Wildman–Crippen LogP) is 2.74. The number of rotatable bonds is 3. The van der Waals surface area contributed by atoms with E-state index in [0.29, 0.717) is 29.5 Å². The van der Waals surface area contributed by atoms with Crippen molar-refractivity contribution in [2.45, 2.75) is 31.0 Å². The van der Waals surface area contributed by atoms with Crippen molar-refractivity contribution < 1.29 is 13.9 Å². The number of fused-ring (bicyclic) bond motifs is 1. The molecule has 3 rings (SSSR count). The Balaban J connectivity index is 1.86. The lowest BCUT2D eigenvalue weighted by molar-refractivity contribution is 0.0796. The van der Waals surface area contributed by atoms with E-state index in [0.717, 1.165) is 19.4 Å². The van der Waals surface area contributed by atoms with Crippen molar-refractivity contribution in [3.05, 3.63) is 23.8 Å². The van der Waals surface area contributed by atoms with E-state index in [1.807, 2.05) is 6.07 Å². The van der Waals surface area contributed by atoms with Gasteiger partial charge in [-0.3, -0.25) is 0 Å². The van der Waals surface area contributed by atoms with E-state index in [4.69, 9.17) is 9.47 Å². The van der Waals surface area contributed by atoms with Crippen LogP contribution in [0.15, 0.2) is 18.2 Å². The van der Waals surface area contributed by atoms with Gasteiger partial charge in [0.25, 0.3) is 0 Å². The zero-order valence-electron chi connectivity index (χ0n) is 11.5. The molecule has 2 atom stereocenters. The summed E-state index contributed by atoms with van der Waals surface area (Å²) in [5, 5.41) is 0. The average molecular weight is 265 g/mol. The molecule has 0 unspecified atom stereocenters. The number of benzene rings is 1. The summed E-state index contributed by atoms with van der Waals surface area (Å²) < 4.78 is 25.9. The Bertz CT molecular complexity index is 479. The van der Waals surface area contributed by atoms with Crippen LogP contribution in [0.2, 0.25) is 0 Å². The molecule has 1 aromatic carbocycles. The van der Waals surface area contributed by atoms with Gasteiger partial charge in [-0.25, -0.2) is 4.39 Å². The van der Waals surface area contributed by atoms with Gasteiger partial charge in [0.05, 0.1) is 7.11 Å². The van der Waals surface area contributed by atoms with Crippen LogP contribution < -0.4 is 9.47 Å². The number of likely N-dealkylation sites (tertiary alicyclic amines) is 1. The smallest absolute Gasteiger partial charge is 0.174 e. The SMILES string of the molecule is COc1ccc2c(c1)[C@](F)(C[C@@H]1CCCN1C)CO2. The number of alkyl halides is 1. The average Bonchev–Trinajstić information content (AvgIpc) is 2.95. The largest absolute Gasteiger partial charge is 0.497 e. The number of ether oxygens (including phenoxy) is 2. The Morgan fingerprint density at radius 2 is 2.37 bits per heavy atom. The van der Waals surface area contributed by atoms with E-state index < -0.39 is 5.67 Å². The van der Waals surface area contributed by atoms with Crippen molar-refractivity contribution in [3.63, 3.8) is 0 Å². The van der Waals surface area contributed by atoms with Crippen molar-refractivity contribution >= 4 is 0 Å². The van der Waals surface area contributed by atoms with Gasteiger partial charge in [0, 0.05) is 18.0 Å². The van der Waals surface area contributed by atoms with Crippen molar-refractivity contribution in [2.24, 2.45) is 0 Å². The fourth-order valence-electron chi connectivity index (χ4n) is 3.16. The van der Waals surface area contributed by atoms with Crippen LogP contribution in [0.1, 0.15) is 24.8 Å². The van der Waals surface area contributed by atoms with Crippen LogP contribution in [0.4, 0.5) is 4.39 Å². The molecule has 4 heteroatoms. The maximum atomic E-state index is 15.2. The minimum atomic E-state index is -1.38. The molecule has 1 aromatic rings. The number of hydrogen-bond donors (Lipinski definition) is 0. The maximum absolute atomic E-state index is 15.2. The third-order valence-corrected chi connectivity index (χ3v) is 4.36. The van der Waals surface area contributed by atoms with Gasteiger partial charge in [-0.2, -0.15) is 0 Å². The highest BCUT2D eigenvalue weighted by atomic mass is 19.1. The number of nitrogens with zero attached hydrogens (tertiary/aromatic N) is 1. The van der Waals surface area contributed by atoms with Gasteiger partial charge in [0.15, 0.2) is 5.67 Å². The molecule has 0 saturated carbocycles. The summed E-state index contributed by atoms with van der Waals surface area (Å²) in [6.45, 7) is 1.19. The van der Waals surface area contributed by atoms with Gasteiger partial charge in [0.1, 0.15) is 18.1 Å². The fourth-order valence-corrected chi connectivity index (χ4v) is 3.16. The highest BCUT2D eigenvalue weighted by Crippen LogP contribution is 2.45. The van der Waals surface area contributed by atoms with Crippen LogP contribution in [0.3, 0.4) is 0 Å². The lowest BCUT2D eigenvalue weighted by Gasteiger charge is -2.26. The van der Waals surface area contributed by atoms with E-state index in [2.05, 4.69) is 11.9 Å². The van der Waals surface area contributed by atoms with Gasteiger partial charge < -0.3 is 14.4 Å². The molecule has 0 radical (unpaired) electrons. The highest BCUT2D eigenvalue weighted by molar-refractivity contribution is 5.46. The molecular weight excluding hydrogens is 245 g/mol. The van der Waals surface area contributed by atoms with E-state index in [-0.39, 0.29) is 6.61 Å². The molecule has 2 aliphatic rings. The summed E-state index contributed by atoms with van der Waals surface area (Å²) in [7, 11) is 3.67. The second-order valence-corrected chi connectivity index (χ2v) is 5.60. The van der Waals surface area contributed by atoms with Crippen molar-refractivity contribution in [1.29, 1.82) is 0 Å². The summed E-state index contributed by atoms with van der Waals surface area (Å²) in [5.74, 6) is 1.34. The molecule has 0 bridgehead atoms. The van der Waals surface area contributed by atoms with Gasteiger partial charge in [-0.05, 0) is 44.6 Å². The van der Waals surface area contributed by atoms with Gasteiger partial charge in [0.2, 0.25) is 0 Å². The van der Waals surface area contributed by atoms with Crippen molar-refractivity contribution in [3.8, 4) is 11.5 Å². The van der Waals surface area contributed by atoms with E-state index in [9.17, 15) is 0 Å². The molecule has 104 valence electrons. The quantitative estimate of drug-likeness (QED) is 0.839. The first-order valence-corrected chi connectivity index (χ1v) is 6.83. The minimum Gasteiger partial charge on any atom is -0.497 e. The molecule has 0 aromatic heterocycles. The van der Waals surface area contributed by atoms with Crippen LogP contribution in [-0.2, 0) is 5.67 Å². The summed E-state index contributed by atoms with van der Waals surface area (Å²) in [4.78, 5) is 2.25. The fraction of sp³-hybridized carbons (Fsp3) is 0.600. The zero-order chi connectivity index (χ0) is 13.5. The summed E-state index contributed by atoms with van der Waals surface area (Å²) in [6.07, 6.45) is 2.73. The first-order chi connectivity index (χ1) is 9.12. The van der Waals surface area contributed by atoms with E-state index in [1.165, 1.54) is 0 Å². The monoisotopic (exact) mass is 265 g/mol. The lowest BCUT2D eigenvalue weighted by atomic mass is 9.90. The maximum Gasteiger partial charge on any atom is 0.174 e. The topological polar surface area (TPSA) is 21.7 Å². The minimum absolute atomic E-state index is 0.125. The molecule has 2 aliphatic heterocycles. The molecule has 0 spiro atoms. The predicted molar refractivity (Wildman–Crippen MR) is 71.5 cm³/mol. The van der Waals surface area contributed by atoms with Crippen molar-refractivity contribution in [1.82, 2.24) is 4.90 Å². The van der Waals surface area contributed by atoms with Crippen LogP contribution in [-0.4, -0.2) is 38.3 Å². The van der Waals surface area contributed by atoms with Crippen molar-refractivity contribution in [2.75, 3.05) is 27.3 Å². The summed E-state index contributed by atoms with van der Waals surface area (Å²) in [5.41, 5.74) is -0.736. The van der Waals surface area contributed by atoms with Crippen LogP contribution in [0.25, 0.3) is 0 Å². The number of methoxy groups -OCH3 is 1. The number of hydrogen-bond acceptors (Lipinski definition) is 3. The van der Waals surface area contributed by atoms with Crippen LogP contribution in [0, 0.1) is 0 Å². The van der Waals surface area contributed by atoms with E-state index >= 15 is 4.39 Å². The first kappa shape index (κ1) is 12.7. The standard InChI is InChI=1S/C15H20FNO2/c1-17-7-3-4-11(17)9-15(16)10-19-14-6-5-12(18-2)8-13(14)15/h5-6,8,11H,3-4,7,9-10H2,1-2H3/t11-,15-/m0/s1. The van der Waals surface area contributed by atoms with E-state index in [1.54, 1.807) is 19.2 Å². The lowest BCUT2D eigenvalue weighted by Crippen LogP contribution is -2.34. The Morgan fingerprint density at radius 3 is 3.05 bits per heavy atom. The molecule has 0 aliphatic carbocycles. The molecule has 1 fully saturated rings. The van der Waals surface area contributed by atoms with Gasteiger partial charge in [-0.15, -0.1) is 0 Å². The number of halogens is 1. The first-order valence-electron chi connectivity index (χ1n) is 6.83. The molecule has 0 amide bonds. The Hall–Kier alpha value is -1.29. The Labute approximate surface area is 113 Å². The Morgan fingerprint density at radius 1 is 1.53 bits per heavy atom. The normalized spacial score (nSPS) is 30.2. The van der Waals surface area contributed by atoms with Gasteiger partial charge in [-0.1, -0.05) is 0 Å². The molecule has 2 heterocycles. The molecule has 19 heavy (non-hydrogen) atoms.